The van der Waals surface area contributed by atoms with E-state index in [2.05, 4.69) is 5.10 Å². The van der Waals surface area contributed by atoms with E-state index in [4.69, 9.17) is 26.8 Å². The van der Waals surface area contributed by atoms with Crippen LogP contribution >= 0.6 is 11.6 Å². The Morgan fingerprint density at radius 3 is 2.79 bits per heavy atom. The maximum absolute atomic E-state index is 5.75. The molecule has 80 valence electrons. The van der Waals surface area contributed by atoms with E-state index in [0.29, 0.717) is 24.0 Å². The molecule has 0 fully saturated rings. The van der Waals surface area contributed by atoms with Gasteiger partial charge in [-0.15, -0.1) is 0 Å². The Kier molecular flexibility index (Phi) is 4.19. The van der Waals surface area contributed by atoms with Crippen LogP contribution in [0.4, 0.5) is 5.82 Å². The van der Waals surface area contributed by atoms with E-state index >= 15 is 0 Å². The summed E-state index contributed by atoms with van der Waals surface area (Å²) in [5.41, 5.74) is 5.50. The lowest BCUT2D eigenvalue weighted by Crippen LogP contribution is -2.24. The molecule has 6 heteroatoms. The first-order chi connectivity index (χ1) is 6.67. The number of rotatable bonds is 5. The van der Waals surface area contributed by atoms with Gasteiger partial charge >= 0.3 is 0 Å². The molecule has 5 nitrogen and oxygen atoms in total. The molecule has 14 heavy (non-hydrogen) atoms. The maximum atomic E-state index is 5.75. The minimum Gasteiger partial charge on any atom is -0.382 e. The van der Waals surface area contributed by atoms with Crippen LogP contribution in [-0.2, 0) is 16.0 Å². The number of hydrogen-bond donors (Lipinski definition) is 1. The average Bonchev–Trinajstić information content (AvgIpc) is 2.45. The zero-order valence-corrected chi connectivity index (χ0v) is 8.99. The van der Waals surface area contributed by atoms with Crippen LogP contribution in [0.25, 0.3) is 0 Å². The first-order valence-corrected chi connectivity index (χ1v) is 4.55. The largest absolute Gasteiger partial charge is 0.382 e. The van der Waals surface area contributed by atoms with Crippen molar-refractivity contribution in [2.45, 2.75) is 12.6 Å². The number of nitrogen functional groups attached to an aromatic ring is 1. The number of hydrogen-bond acceptors (Lipinski definition) is 4. The third-order valence-electron chi connectivity index (χ3n) is 1.82. The Morgan fingerprint density at radius 2 is 2.36 bits per heavy atom. The molecule has 0 saturated heterocycles. The predicted octanol–water partition coefficient (Wildman–Crippen LogP) is 0.780. The third kappa shape index (κ3) is 2.87. The molecule has 0 aliphatic rings. The Hall–Kier alpha value is -0.780. The first kappa shape index (κ1) is 11.3. The van der Waals surface area contributed by atoms with Crippen molar-refractivity contribution in [3.63, 3.8) is 0 Å². The summed E-state index contributed by atoms with van der Waals surface area (Å²) < 4.78 is 11.8. The highest BCUT2D eigenvalue weighted by molar-refractivity contribution is 6.32. The standard InChI is InChI=1S/C8H14ClN3O2/c1-13-5-6(14-2)3-12-4-7(9)8(10)11-12/h4,6H,3,5H2,1-2H3,(H2,10,11). The molecular weight excluding hydrogens is 206 g/mol. The van der Waals surface area contributed by atoms with Crippen LogP contribution in [0.5, 0.6) is 0 Å². The SMILES string of the molecule is COCC(Cn1cc(Cl)c(N)n1)OC. The van der Waals surface area contributed by atoms with E-state index in [1.165, 1.54) is 0 Å². The Balaban J connectivity index is 2.57. The lowest BCUT2D eigenvalue weighted by Gasteiger charge is -2.13. The van der Waals surface area contributed by atoms with E-state index in [1.54, 1.807) is 25.1 Å². The topological polar surface area (TPSA) is 62.3 Å². The van der Waals surface area contributed by atoms with Crippen LogP contribution in [-0.4, -0.2) is 36.7 Å². The van der Waals surface area contributed by atoms with E-state index in [1.807, 2.05) is 0 Å². The minimum atomic E-state index is -0.0460. The summed E-state index contributed by atoms with van der Waals surface area (Å²) in [5.74, 6) is 0.332. The maximum Gasteiger partial charge on any atom is 0.164 e. The first-order valence-electron chi connectivity index (χ1n) is 4.17. The Bertz CT molecular complexity index is 271. The average molecular weight is 220 g/mol. The number of methoxy groups -OCH3 is 2. The van der Waals surface area contributed by atoms with Gasteiger partial charge in [0.1, 0.15) is 5.02 Å². The van der Waals surface area contributed by atoms with Gasteiger partial charge in [0.2, 0.25) is 0 Å². The zero-order valence-electron chi connectivity index (χ0n) is 8.24. The zero-order chi connectivity index (χ0) is 10.6. The van der Waals surface area contributed by atoms with E-state index in [0.717, 1.165) is 0 Å². The van der Waals surface area contributed by atoms with Crippen LogP contribution < -0.4 is 5.73 Å². The molecule has 0 amide bonds. The molecule has 0 saturated carbocycles. The molecule has 1 unspecified atom stereocenters. The molecule has 1 aromatic rings. The van der Waals surface area contributed by atoms with Crippen molar-refractivity contribution in [1.29, 1.82) is 0 Å². The van der Waals surface area contributed by atoms with Crippen LogP contribution in [0.2, 0.25) is 5.02 Å². The number of ether oxygens (including phenoxy) is 2. The summed E-state index contributed by atoms with van der Waals surface area (Å²) in [6.45, 7) is 1.08. The van der Waals surface area contributed by atoms with Gasteiger partial charge in [0.25, 0.3) is 0 Å². The minimum absolute atomic E-state index is 0.0460. The molecular formula is C8H14ClN3O2. The molecule has 1 heterocycles. The van der Waals surface area contributed by atoms with Crippen molar-refractivity contribution >= 4 is 17.4 Å². The van der Waals surface area contributed by atoms with Gasteiger partial charge in [-0.05, 0) is 0 Å². The van der Waals surface area contributed by atoms with Crippen molar-refractivity contribution in [3.8, 4) is 0 Å². The fourth-order valence-corrected chi connectivity index (χ4v) is 1.25. The van der Waals surface area contributed by atoms with E-state index < -0.39 is 0 Å². The summed E-state index contributed by atoms with van der Waals surface area (Å²) in [4.78, 5) is 0. The number of nitrogens with two attached hydrogens (primary N) is 1. The van der Waals surface area contributed by atoms with Crippen molar-refractivity contribution in [3.05, 3.63) is 11.2 Å². The van der Waals surface area contributed by atoms with Gasteiger partial charge in [0, 0.05) is 20.4 Å². The fourth-order valence-electron chi connectivity index (χ4n) is 1.10. The second-order valence-corrected chi connectivity index (χ2v) is 3.30. The second-order valence-electron chi connectivity index (χ2n) is 2.90. The van der Waals surface area contributed by atoms with Crippen LogP contribution in [0.3, 0.4) is 0 Å². The van der Waals surface area contributed by atoms with Gasteiger partial charge in [-0.1, -0.05) is 11.6 Å². The van der Waals surface area contributed by atoms with Gasteiger partial charge in [-0.25, -0.2) is 0 Å². The lowest BCUT2D eigenvalue weighted by atomic mass is 10.4. The third-order valence-corrected chi connectivity index (χ3v) is 2.11. The molecule has 0 aliphatic heterocycles. The van der Waals surface area contributed by atoms with Crippen molar-refractivity contribution in [2.24, 2.45) is 0 Å². The molecule has 0 aliphatic carbocycles. The summed E-state index contributed by atoms with van der Waals surface area (Å²) >= 11 is 5.75. The smallest absolute Gasteiger partial charge is 0.164 e. The predicted molar refractivity (Wildman–Crippen MR) is 54.3 cm³/mol. The molecule has 1 aromatic heterocycles. The van der Waals surface area contributed by atoms with Crippen molar-refractivity contribution in [1.82, 2.24) is 9.78 Å². The van der Waals surface area contributed by atoms with Crippen molar-refractivity contribution < 1.29 is 9.47 Å². The molecule has 1 rings (SSSR count). The quantitative estimate of drug-likeness (QED) is 0.795. The Labute approximate surface area is 87.7 Å². The van der Waals surface area contributed by atoms with Crippen LogP contribution in [0.1, 0.15) is 0 Å². The summed E-state index contributed by atoms with van der Waals surface area (Å²) in [6.07, 6.45) is 1.62. The van der Waals surface area contributed by atoms with E-state index in [9.17, 15) is 0 Å². The Morgan fingerprint density at radius 1 is 1.64 bits per heavy atom. The molecule has 0 spiro atoms. The summed E-state index contributed by atoms with van der Waals surface area (Å²) in [7, 11) is 3.24. The normalized spacial score (nSPS) is 13.1. The van der Waals surface area contributed by atoms with Crippen LogP contribution in [0, 0.1) is 0 Å². The van der Waals surface area contributed by atoms with Gasteiger partial charge < -0.3 is 15.2 Å². The van der Waals surface area contributed by atoms with Crippen LogP contribution in [0.15, 0.2) is 6.20 Å². The number of halogens is 1. The molecule has 2 N–H and O–H groups in total. The summed E-state index contributed by atoms with van der Waals surface area (Å²) in [6, 6.07) is 0. The van der Waals surface area contributed by atoms with Crippen molar-refractivity contribution in [2.75, 3.05) is 26.6 Å². The molecule has 0 radical (unpaired) electrons. The molecule has 1 atom stereocenters. The lowest BCUT2D eigenvalue weighted by molar-refractivity contribution is 0.0164. The van der Waals surface area contributed by atoms with Gasteiger partial charge in [0.15, 0.2) is 5.82 Å². The number of anilines is 1. The monoisotopic (exact) mass is 219 g/mol. The van der Waals surface area contributed by atoms with Gasteiger partial charge in [0.05, 0.1) is 19.3 Å². The van der Waals surface area contributed by atoms with Gasteiger partial charge in [-0.2, -0.15) is 5.10 Å². The summed E-state index contributed by atoms with van der Waals surface area (Å²) in [5, 5.41) is 4.46. The van der Waals surface area contributed by atoms with Gasteiger partial charge in [-0.3, -0.25) is 4.68 Å². The number of aromatic nitrogens is 2. The second kappa shape index (κ2) is 5.19. The highest BCUT2D eigenvalue weighted by atomic mass is 35.5. The molecule has 0 bridgehead atoms. The number of nitrogens with zero attached hydrogens (tertiary/aromatic N) is 2. The highest BCUT2D eigenvalue weighted by Gasteiger charge is 2.10. The fraction of sp³-hybridized carbons (Fsp3) is 0.625. The highest BCUT2D eigenvalue weighted by Crippen LogP contribution is 2.15. The molecule has 0 aromatic carbocycles. The van der Waals surface area contributed by atoms with E-state index in [-0.39, 0.29) is 6.10 Å².